The fourth-order valence-corrected chi connectivity index (χ4v) is 2.65. The molecule has 5 heteroatoms. The van der Waals surface area contributed by atoms with Crippen molar-refractivity contribution in [2.75, 3.05) is 13.2 Å². The molecule has 0 aliphatic carbocycles. The van der Waals surface area contributed by atoms with Crippen LogP contribution < -0.4 is 5.32 Å². The van der Waals surface area contributed by atoms with Gasteiger partial charge in [0.05, 0.1) is 5.69 Å². The smallest absolute Gasteiger partial charge is 0.220 e. The van der Waals surface area contributed by atoms with Crippen molar-refractivity contribution in [1.29, 1.82) is 0 Å². The Kier molecular flexibility index (Phi) is 5.92. The quantitative estimate of drug-likeness (QED) is 0.860. The number of aromatic nitrogens is 2. The van der Waals surface area contributed by atoms with Gasteiger partial charge >= 0.3 is 0 Å². The Balaban J connectivity index is 1.77. The Morgan fingerprint density at radius 1 is 1.45 bits per heavy atom. The van der Waals surface area contributed by atoms with Crippen molar-refractivity contribution < 1.29 is 9.53 Å². The van der Waals surface area contributed by atoms with Gasteiger partial charge in [0.25, 0.3) is 0 Å². The second-order valence-corrected chi connectivity index (χ2v) is 5.23. The predicted molar refractivity (Wildman–Crippen MR) is 76.1 cm³/mol. The van der Waals surface area contributed by atoms with Gasteiger partial charge in [-0.3, -0.25) is 14.8 Å². The highest BCUT2D eigenvalue weighted by molar-refractivity contribution is 5.76. The molecule has 20 heavy (non-hydrogen) atoms. The number of rotatable bonds is 6. The molecule has 1 aliphatic rings. The van der Waals surface area contributed by atoms with Crippen molar-refractivity contribution in [3.8, 4) is 0 Å². The summed E-state index contributed by atoms with van der Waals surface area (Å²) in [5.41, 5.74) is 0.863. The minimum absolute atomic E-state index is 0.106. The van der Waals surface area contributed by atoms with Gasteiger partial charge in [-0.25, -0.2) is 0 Å². The number of carbonyl (C=O) groups excluding carboxylic acids is 1. The summed E-state index contributed by atoms with van der Waals surface area (Å²) in [6, 6.07) is 0.272. The number of ether oxygens (including phenoxy) is 1. The summed E-state index contributed by atoms with van der Waals surface area (Å²) in [6.07, 6.45) is 9.19. The van der Waals surface area contributed by atoms with Crippen LogP contribution in [0.1, 0.15) is 38.3 Å². The maximum Gasteiger partial charge on any atom is 0.220 e. The van der Waals surface area contributed by atoms with Gasteiger partial charge in [-0.15, -0.1) is 0 Å². The van der Waals surface area contributed by atoms with E-state index in [0.29, 0.717) is 18.8 Å². The molecule has 2 heterocycles. The Morgan fingerprint density at radius 2 is 2.25 bits per heavy atom. The van der Waals surface area contributed by atoms with Crippen LogP contribution >= 0.6 is 0 Å². The van der Waals surface area contributed by atoms with E-state index in [1.54, 1.807) is 18.6 Å². The Labute approximate surface area is 120 Å². The van der Waals surface area contributed by atoms with E-state index in [1.807, 2.05) is 0 Å². The van der Waals surface area contributed by atoms with E-state index in [0.717, 1.165) is 38.2 Å². The van der Waals surface area contributed by atoms with Gasteiger partial charge in [0.1, 0.15) is 0 Å². The topological polar surface area (TPSA) is 64.1 Å². The van der Waals surface area contributed by atoms with E-state index in [9.17, 15) is 4.79 Å². The third kappa shape index (κ3) is 4.56. The molecule has 2 rings (SSSR count). The van der Waals surface area contributed by atoms with Gasteiger partial charge in [-0.05, 0) is 31.6 Å². The summed E-state index contributed by atoms with van der Waals surface area (Å²) in [5.74, 6) is 0.656. The average Bonchev–Trinajstić information content (AvgIpc) is 2.52. The van der Waals surface area contributed by atoms with Crippen LogP contribution in [0.5, 0.6) is 0 Å². The van der Waals surface area contributed by atoms with Crippen LogP contribution in [0.4, 0.5) is 0 Å². The molecule has 1 saturated heterocycles. The van der Waals surface area contributed by atoms with E-state index in [1.165, 1.54) is 0 Å². The number of carbonyl (C=O) groups is 1. The summed E-state index contributed by atoms with van der Waals surface area (Å²) >= 11 is 0. The molecule has 110 valence electrons. The first-order chi connectivity index (χ1) is 9.79. The minimum Gasteiger partial charge on any atom is -0.381 e. The van der Waals surface area contributed by atoms with Gasteiger partial charge < -0.3 is 10.1 Å². The van der Waals surface area contributed by atoms with Gasteiger partial charge in [-0.1, -0.05) is 6.92 Å². The highest BCUT2D eigenvalue weighted by Crippen LogP contribution is 2.20. The van der Waals surface area contributed by atoms with Crippen LogP contribution in [-0.4, -0.2) is 35.1 Å². The molecule has 1 aliphatic heterocycles. The summed E-state index contributed by atoms with van der Waals surface area (Å²) in [7, 11) is 0. The zero-order valence-corrected chi connectivity index (χ0v) is 12.0. The molecule has 0 bridgehead atoms. The van der Waals surface area contributed by atoms with E-state index < -0.39 is 0 Å². The van der Waals surface area contributed by atoms with Crippen LogP contribution in [0.2, 0.25) is 0 Å². The molecular weight excluding hydrogens is 254 g/mol. The maximum absolute atomic E-state index is 12.0. The molecule has 1 amide bonds. The van der Waals surface area contributed by atoms with E-state index >= 15 is 0 Å². The zero-order valence-electron chi connectivity index (χ0n) is 12.0. The number of amides is 1. The Morgan fingerprint density at radius 3 is 2.90 bits per heavy atom. The Hall–Kier alpha value is -1.49. The first-order valence-corrected chi connectivity index (χ1v) is 7.41. The third-order valence-electron chi connectivity index (χ3n) is 3.85. The molecule has 0 spiro atoms. The average molecular weight is 277 g/mol. The van der Waals surface area contributed by atoms with Crippen LogP contribution in [0.15, 0.2) is 18.6 Å². The lowest BCUT2D eigenvalue weighted by Gasteiger charge is -2.30. The predicted octanol–water partition coefficient (Wildman–Crippen LogP) is 1.73. The molecule has 1 aromatic rings. The second-order valence-electron chi connectivity index (χ2n) is 5.23. The van der Waals surface area contributed by atoms with Gasteiger partial charge in [0.15, 0.2) is 0 Å². The summed E-state index contributed by atoms with van der Waals surface area (Å²) in [4.78, 5) is 20.2. The molecule has 0 unspecified atom stereocenters. The zero-order chi connectivity index (χ0) is 14.2. The van der Waals surface area contributed by atoms with Crippen molar-refractivity contribution in [3.63, 3.8) is 0 Å². The van der Waals surface area contributed by atoms with E-state index in [2.05, 4.69) is 22.2 Å². The molecule has 0 radical (unpaired) electrons. The minimum atomic E-state index is 0.106. The highest BCUT2D eigenvalue weighted by Gasteiger charge is 2.23. The van der Waals surface area contributed by atoms with Gasteiger partial charge in [-0.2, -0.15) is 0 Å². The number of nitrogens with zero attached hydrogens (tertiary/aromatic N) is 2. The molecule has 0 saturated carbocycles. The number of hydrogen-bond donors (Lipinski definition) is 1. The molecular formula is C15H23N3O2. The third-order valence-corrected chi connectivity index (χ3v) is 3.85. The van der Waals surface area contributed by atoms with E-state index in [-0.39, 0.29) is 11.9 Å². The van der Waals surface area contributed by atoms with Crippen molar-refractivity contribution in [3.05, 3.63) is 24.3 Å². The largest absolute Gasteiger partial charge is 0.381 e. The number of aryl methyl sites for hydroxylation is 1. The van der Waals surface area contributed by atoms with Crippen molar-refractivity contribution in [1.82, 2.24) is 15.3 Å². The van der Waals surface area contributed by atoms with Crippen LogP contribution in [-0.2, 0) is 16.0 Å². The van der Waals surface area contributed by atoms with Crippen molar-refractivity contribution in [2.24, 2.45) is 5.92 Å². The van der Waals surface area contributed by atoms with Crippen LogP contribution in [0, 0.1) is 5.92 Å². The maximum atomic E-state index is 12.0. The van der Waals surface area contributed by atoms with Gasteiger partial charge in [0, 0.05) is 44.3 Å². The molecule has 5 nitrogen and oxygen atoms in total. The summed E-state index contributed by atoms with van der Waals surface area (Å²) in [6.45, 7) is 3.76. The Bertz CT molecular complexity index is 405. The fraction of sp³-hybridized carbons (Fsp3) is 0.667. The first kappa shape index (κ1) is 14.9. The lowest BCUT2D eigenvalue weighted by atomic mass is 9.90. The monoisotopic (exact) mass is 277 g/mol. The summed E-state index contributed by atoms with van der Waals surface area (Å²) < 4.78 is 5.38. The first-order valence-electron chi connectivity index (χ1n) is 7.41. The number of nitrogens with one attached hydrogen (secondary N) is 1. The normalized spacial score (nSPS) is 17.6. The second kappa shape index (κ2) is 7.94. The molecule has 1 fully saturated rings. The number of hydrogen-bond acceptors (Lipinski definition) is 4. The standard InChI is InChI=1S/C15H23N3O2/c1-2-14(12-5-9-20-10-6-12)18-15(19)4-3-13-11-16-7-8-17-13/h7-8,11-12,14H,2-6,9-10H2,1H3,(H,18,19)/t14-/m0/s1. The molecule has 1 N–H and O–H groups in total. The highest BCUT2D eigenvalue weighted by atomic mass is 16.5. The van der Waals surface area contributed by atoms with Crippen LogP contribution in [0.3, 0.4) is 0 Å². The van der Waals surface area contributed by atoms with Crippen molar-refractivity contribution in [2.45, 2.75) is 45.1 Å². The molecule has 1 atom stereocenters. The lowest BCUT2D eigenvalue weighted by molar-refractivity contribution is -0.122. The van der Waals surface area contributed by atoms with Crippen molar-refractivity contribution >= 4 is 5.91 Å². The molecule has 1 aromatic heterocycles. The fourth-order valence-electron chi connectivity index (χ4n) is 2.65. The van der Waals surface area contributed by atoms with Crippen LogP contribution in [0.25, 0.3) is 0 Å². The molecule has 0 aromatic carbocycles. The SMILES string of the molecule is CC[C@H](NC(=O)CCc1cnccn1)C1CCOCC1. The summed E-state index contributed by atoms with van der Waals surface area (Å²) in [5, 5.41) is 3.16. The van der Waals surface area contributed by atoms with E-state index in [4.69, 9.17) is 4.74 Å². The van der Waals surface area contributed by atoms with Gasteiger partial charge in [0.2, 0.25) is 5.91 Å². The lowest BCUT2D eigenvalue weighted by Crippen LogP contribution is -2.42.